The first-order valence-corrected chi connectivity index (χ1v) is 5.02. The predicted octanol–water partition coefficient (Wildman–Crippen LogP) is 2.77. The van der Waals surface area contributed by atoms with Crippen molar-refractivity contribution in [3.8, 4) is 0 Å². The molecule has 2 rings (SSSR count). The van der Waals surface area contributed by atoms with Gasteiger partial charge in [-0.2, -0.15) is 0 Å². The third kappa shape index (κ3) is 2.79. The van der Waals surface area contributed by atoms with E-state index in [9.17, 15) is 9.18 Å². The van der Waals surface area contributed by atoms with Gasteiger partial charge < -0.3 is 4.42 Å². The molecule has 1 aromatic carbocycles. The minimum Gasteiger partial charge on any atom is -0.469 e. The summed E-state index contributed by atoms with van der Waals surface area (Å²) in [4.78, 5) is 11.6. The highest BCUT2D eigenvalue weighted by atomic mass is 19.1. The molecule has 16 heavy (non-hydrogen) atoms. The Balaban J connectivity index is 1.95. The Bertz CT molecular complexity index is 457. The maximum absolute atomic E-state index is 12.6. The van der Waals surface area contributed by atoms with Gasteiger partial charge in [0, 0.05) is 6.42 Å². The number of ketones is 1. The highest BCUT2D eigenvalue weighted by Gasteiger charge is 2.07. The average Bonchev–Trinajstić information content (AvgIpc) is 2.74. The molecule has 0 bridgehead atoms. The van der Waals surface area contributed by atoms with E-state index in [1.807, 2.05) is 0 Å². The SMILES string of the molecule is O=C(Cc1ccc(F)cc1)Cc1ccco1. The van der Waals surface area contributed by atoms with Crippen LogP contribution in [0.25, 0.3) is 0 Å². The number of rotatable bonds is 4. The zero-order valence-corrected chi connectivity index (χ0v) is 8.65. The molecule has 1 aromatic heterocycles. The van der Waals surface area contributed by atoms with Gasteiger partial charge in [-0.05, 0) is 29.8 Å². The van der Waals surface area contributed by atoms with Crippen molar-refractivity contribution in [2.75, 3.05) is 0 Å². The summed E-state index contributed by atoms with van der Waals surface area (Å²) in [7, 11) is 0. The average molecular weight is 218 g/mol. The molecule has 0 spiro atoms. The fourth-order valence-corrected chi connectivity index (χ4v) is 1.50. The van der Waals surface area contributed by atoms with E-state index in [4.69, 9.17) is 4.42 Å². The fourth-order valence-electron chi connectivity index (χ4n) is 1.50. The van der Waals surface area contributed by atoms with Crippen LogP contribution in [0.4, 0.5) is 4.39 Å². The molecular formula is C13H11FO2. The van der Waals surface area contributed by atoms with Gasteiger partial charge in [0.2, 0.25) is 0 Å². The Morgan fingerprint density at radius 2 is 1.88 bits per heavy atom. The molecule has 0 aliphatic carbocycles. The maximum Gasteiger partial charge on any atom is 0.144 e. The minimum absolute atomic E-state index is 0.0570. The van der Waals surface area contributed by atoms with Crippen LogP contribution in [0.1, 0.15) is 11.3 Å². The first-order chi connectivity index (χ1) is 7.74. The van der Waals surface area contributed by atoms with Crippen molar-refractivity contribution in [3.63, 3.8) is 0 Å². The predicted molar refractivity (Wildman–Crippen MR) is 57.5 cm³/mol. The number of hydrogen-bond donors (Lipinski definition) is 0. The van der Waals surface area contributed by atoms with Crippen LogP contribution in [0.3, 0.4) is 0 Å². The third-order valence-corrected chi connectivity index (χ3v) is 2.27. The van der Waals surface area contributed by atoms with Crippen molar-refractivity contribution in [1.29, 1.82) is 0 Å². The molecule has 0 unspecified atom stereocenters. The second-order valence-corrected chi connectivity index (χ2v) is 3.60. The topological polar surface area (TPSA) is 30.2 Å². The van der Waals surface area contributed by atoms with Crippen molar-refractivity contribution in [2.45, 2.75) is 12.8 Å². The van der Waals surface area contributed by atoms with Crippen LogP contribution in [-0.2, 0) is 17.6 Å². The van der Waals surface area contributed by atoms with E-state index in [-0.39, 0.29) is 18.0 Å². The smallest absolute Gasteiger partial charge is 0.144 e. The summed E-state index contributed by atoms with van der Waals surface area (Å²) in [6.45, 7) is 0. The molecule has 0 aliphatic rings. The molecule has 0 amide bonds. The first kappa shape index (κ1) is 10.6. The normalized spacial score (nSPS) is 10.3. The largest absolute Gasteiger partial charge is 0.469 e. The van der Waals surface area contributed by atoms with Gasteiger partial charge in [-0.1, -0.05) is 12.1 Å². The van der Waals surface area contributed by atoms with Crippen LogP contribution in [0.15, 0.2) is 47.1 Å². The van der Waals surface area contributed by atoms with Crippen LogP contribution >= 0.6 is 0 Å². The molecular weight excluding hydrogens is 207 g/mol. The molecule has 82 valence electrons. The molecule has 2 aromatic rings. The molecule has 2 nitrogen and oxygen atoms in total. The standard InChI is InChI=1S/C13H11FO2/c14-11-5-3-10(4-6-11)8-12(15)9-13-2-1-7-16-13/h1-7H,8-9H2. The first-order valence-electron chi connectivity index (χ1n) is 5.02. The number of hydrogen-bond acceptors (Lipinski definition) is 2. The van der Waals surface area contributed by atoms with Crippen molar-refractivity contribution in [2.24, 2.45) is 0 Å². The molecule has 0 radical (unpaired) electrons. The summed E-state index contributed by atoms with van der Waals surface area (Å²) in [6.07, 6.45) is 2.13. The Hall–Kier alpha value is -1.90. The second-order valence-electron chi connectivity index (χ2n) is 3.60. The van der Waals surface area contributed by atoms with Gasteiger partial charge in [0.05, 0.1) is 12.7 Å². The van der Waals surface area contributed by atoms with E-state index in [0.717, 1.165) is 5.56 Å². The van der Waals surface area contributed by atoms with Gasteiger partial charge in [-0.15, -0.1) is 0 Å². The van der Waals surface area contributed by atoms with Gasteiger partial charge >= 0.3 is 0 Å². The Morgan fingerprint density at radius 1 is 1.12 bits per heavy atom. The lowest BCUT2D eigenvalue weighted by Crippen LogP contribution is -2.05. The number of furan rings is 1. The van der Waals surface area contributed by atoms with Crippen LogP contribution in [-0.4, -0.2) is 5.78 Å². The summed E-state index contributed by atoms with van der Waals surface area (Å²) >= 11 is 0. The lowest BCUT2D eigenvalue weighted by atomic mass is 10.1. The highest BCUT2D eigenvalue weighted by Crippen LogP contribution is 2.07. The molecule has 0 N–H and O–H groups in total. The minimum atomic E-state index is -0.290. The van der Waals surface area contributed by atoms with E-state index >= 15 is 0 Å². The molecule has 3 heteroatoms. The van der Waals surface area contributed by atoms with Gasteiger partial charge in [0.15, 0.2) is 0 Å². The summed E-state index contributed by atoms with van der Waals surface area (Å²) in [6, 6.07) is 9.47. The maximum atomic E-state index is 12.6. The number of benzene rings is 1. The molecule has 0 saturated carbocycles. The summed E-state index contributed by atoms with van der Waals surface area (Å²) < 4.78 is 17.7. The van der Waals surface area contributed by atoms with Gasteiger partial charge in [0.1, 0.15) is 17.4 Å². The summed E-state index contributed by atoms with van der Waals surface area (Å²) in [5.41, 5.74) is 0.818. The quantitative estimate of drug-likeness (QED) is 0.789. The zero-order valence-electron chi connectivity index (χ0n) is 8.65. The Kier molecular flexibility index (Phi) is 3.15. The number of carbonyl (C=O) groups is 1. The van der Waals surface area contributed by atoms with E-state index in [1.54, 1.807) is 30.5 Å². The molecule has 0 aliphatic heterocycles. The lowest BCUT2D eigenvalue weighted by molar-refractivity contribution is -0.118. The van der Waals surface area contributed by atoms with Crippen LogP contribution in [0.5, 0.6) is 0 Å². The molecule has 0 atom stereocenters. The lowest BCUT2D eigenvalue weighted by Gasteiger charge is -1.99. The van der Waals surface area contributed by atoms with Crippen LogP contribution in [0, 0.1) is 5.82 Å². The van der Waals surface area contributed by atoms with Gasteiger partial charge in [-0.25, -0.2) is 4.39 Å². The zero-order chi connectivity index (χ0) is 11.4. The van der Waals surface area contributed by atoms with E-state index in [2.05, 4.69) is 0 Å². The van der Waals surface area contributed by atoms with Crippen LogP contribution in [0.2, 0.25) is 0 Å². The third-order valence-electron chi connectivity index (χ3n) is 2.27. The number of halogens is 1. The van der Waals surface area contributed by atoms with Gasteiger partial charge in [-0.3, -0.25) is 4.79 Å². The van der Waals surface area contributed by atoms with Crippen LogP contribution < -0.4 is 0 Å². The molecule has 1 heterocycles. The second kappa shape index (κ2) is 4.75. The summed E-state index contributed by atoms with van der Waals surface area (Å²) in [5.74, 6) is 0.427. The Labute approximate surface area is 92.7 Å². The van der Waals surface area contributed by atoms with Crippen molar-refractivity contribution < 1.29 is 13.6 Å². The molecule has 0 saturated heterocycles. The number of carbonyl (C=O) groups excluding carboxylic acids is 1. The Morgan fingerprint density at radius 3 is 2.50 bits per heavy atom. The van der Waals surface area contributed by atoms with Crippen molar-refractivity contribution in [1.82, 2.24) is 0 Å². The van der Waals surface area contributed by atoms with E-state index in [1.165, 1.54) is 12.1 Å². The summed E-state index contributed by atoms with van der Waals surface area (Å²) in [5, 5.41) is 0. The fraction of sp³-hybridized carbons (Fsp3) is 0.154. The van der Waals surface area contributed by atoms with Gasteiger partial charge in [0.25, 0.3) is 0 Å². The van der Waals surface area contributed by atoms with Crippen molar-refractivity contribution >= 4 is 5.78 Å². The number of Topliss-reactive ketones (excluding diaryl/α,β-unsaturated/α-hetero) is 1. The monoisotopic (exact) mass is 218 g/mol. The molecule has 0 fully saturated rings. The highest BCUT2D eigenvalue weighted by molar-refractivity contribution is 5.82. The van der Waals surface area contributed by atoms with E-state index in [0.29, 0.717) is 12.2 Å². The van der Waals surface area contributed by atoms with E-state index < -0.39 is 0 Å². The van der Waals surface area contributed by atoms with Crippen molar-refractivity contribution in [3.05, 3.63) is 59.8 Å².